The smallest absolute Gasteiger partial charge is 0.226 e. The van der Waals surface area contributed by atoms with Gasteiger partial charge < -0.3 is 14.8 Å². The van der Waals surface area contributed by atoms with Gasteiger partial charge in [0.2, 0.25) is 5.91 Å². The monoisotopic (exact) mass is 384 g/mol. The minimum absolute atomic E-state index is 0.0785. The van der Waals surface area contributed by atoms with Crippen molar-refractivity contribution >= 4 is 38.4 Å². The van der Waals surface area contributed by atoms with Crippen LogP contribution in [0.3, 0.4) is 0 Å². The van der Waals surface area contributed by atoms with Crippen LogP contribution in [-0.4, -0.2) is 30.9 Å². The minimum atomic E-state index is -0.249. The molecule has 0 bridgehead atoms. The number of methoxy groups -OCH3 is 2. The van der Waals surface area contributed by atoms with Crippen LogP contribution in [0.2, 0.25) is 0 Å². The van der Waals surface area contributed by atoms with Crippen molar-refractivity contribution < 1.29 is 19.1 Å². The zero-order chi connectivity index (χ0) is 19.4. The second kappa shape index (κ2) is 8.18. The number of aromatic nitrogens is 1. The van der Waals surface area contributed by atoms with Crippen LogP contribution in [0.5, 0.6) is 11.5 Å². The molecule has 0 saturated carbocycles. The molecule has 0 unspecified atom stereocenters. The average Bonchev–Trinajstić information content (AvgIpc) is 3.07. The third-order valence-electron chi connectivity index (χ3n) is 4.08. The molecule has 3 rings (SSSR count). The number of Topliss-reactive ketones (excluding diaryl/α,β-unsaturated/α-hetero) is 1. The number of hydrogen-bond donors (Lipinski definition) is 1. The summed E-state index contributed by atoms with van der Waals surface area (Å²) in [7, 11) is 3.13. The first-order valence-electron chi connectivity index (χ1n) is 8.42. The molecule has 27 heavy (non-hydrogen) atoms. The number of thiazole rings is 1. The molecule has 0 fully saturated rings. The number of ketones is 1. The molecule has 2 aromatic carbocycles. The number of rotatable bonds is 7. The Morgan fingerprint density at radius 3 is 2.63 bits per heavy atom. The molecule has 3 aromatic rings. The fourth-order valence-corrected chi connectivity index (χ4v) is 3.58. The number of carbonyl (C=O) groups excluding carboxylic acids is 2. The van der Waals surface area contributed by atoms with Crippen molar-refractivity contribution in [1.82, 2.24) is 4.98 Å². The maximum atomic E-state index is 12.5. The van der Waals surface area contributed by atoms with Crippen LogP contribution in [0, 0.1) is 6.92 Å². The third-order valence-corrected chi connectivity index (χ3v) is 5.01. The summed E-state index contributed by atoms with van der Waals surface area (Å²) in [6.07, 6.45) is 0.180. The van der Waals surface area contributed by atoms with E-state index in [0.717, 1.165) is 21.5 Å². The van der Waals surface area contributed by atoms with Crippen LogP contribution in [0.15, 0.2) is 36.4 Å². The second-order valence-electron chi connectivity index (χ2n) is 6.03. The number of ether oxygens (including phenoxy) is 2. The zero-order valence-electron chi connectivity index (χ0n) is 15.4. The first kappa shape index (κ1) is 18.8. The van der Waals surface area contributed by atoms with Crippen molar-refractivity contribution in [2.24, 2.45) is 0 Å². The molecule has 1 N–H and O–H groups in total. The lowest BCUT2D eigenvalue weighted by molar-refractivity contribution is -0.116. The second-order valence-corrected chi connectivity index (χ2v) is 7.06. The molecule has 0 aliphatic carbocycles. The van der Waals surface area contributed by atoms with Gasteiger partial charge in [0.05, 0.1) is 30.0 Å². The van der Waals surface area contributed by atoms with E-state index in [2.05, 4.69) is 10.3 Å². The summed E-state index contributed by atoms with van der Waals surface area (Å²) in [5.74, 6) is 0.883. The van der Waals surface area contributed by atoms with E-state index in [1.165, 1.54) is 18.4 Å². The third kappa shape index (κ3) is 4.43. The number of hydrogen-bond acceptors (Lipinski definition) is 6. The Labute approximate surface area is 161 Å². The van der Waals surface area contributed by atoms with Crippen LogP contribution in [-0.2, 0) is 4.79 Å². The molecule has 0 atom stereocenters. The number of anilines is 1. The Hall–Kier alpha value is -2.93. The summed E-state index contributed by atoms with van der Waals surface area (Å²) < 4.78 is 11.3. The van der Waals surface area contributed by atoms with E-state index in [-0.39, 0.29) is 24.5 Å². The Morgan fingerprint density at radius 1 is 1.07 bits per heavy atom. The van der Waals surface area contributed by atoms with Gasteiger partial charge in [0.25, 0.3) is 0 Å². The molecule has 1 amide bonds. The maximum absolute atomic E-state index is 12.5. The standard InChI is InChI=1S/C20H20N2O4S/c1-12-4-8-17(26-3)14(10-12)16(23)7-9-19(24)22-20-21-15-6-5-13(25-2)11-18(15)27-20/h4-6,8,10-11H,7,9H2,1-3H3,(H,21,22,24). The van der Waals surface area contributed by atoms with Crippen molar-refractivity contribution in [2.75, 3.05) is 19.5 Å². The molecule has 7 heteroatoms. The van der Waals surface area contributed by atoms with Gasteiger partial charge in [-0.2, -0.15) is 0 Å². The first-order chi connectivity index (χ1) is 13.0. The lowest BCUT2D eigenvalue weighted by atomic mass is 10.0. The van der Waals surface area contributed by atoms with Crippen molar-refractivity contribution in [3.63, 3.8) is 0 Å². The van der Waals surface area contributed by atoms with Gasteiger partial charge in [-0.15, -0.1) is 0 Å². The largest absolute Gasteiger partial charge is 0.497 e. The van der Waals surface area contributed by atoms with E-state index in [1.54, 1.807) is 19.2 Å². The van der Waals surface area contributed by atoms with Gasteiger partial charge in [0.15, 0.2) is 10.9 Å². The van der Waals surface area contributed by atoms with E-state index >= 15 is 0 Å². The van der Waals surface area contributed by atoms with Gasteiger partial charge in [-0.3, -0.25) is 9.59 Å². The van der Waals surface area contributed by atoms with Gasteiger partial charge >= 0.3 is 0 Å². The molecule has 0 radical (unpaired) electrons. The highest BCUT2D eigenvalue weighted by molar-refractivity contribution is 7.22. The quantitative estimate of drug-likeness (QED) is 0.617. The number of aryl methyl sites for hydroxylation is 1. The molecule has 6 nitrogen and oxygen atoms in total. The predicted octanol–water partition coefficient (Wildman–Crippen LogP) is 4.22. The molecule has 1 heterocycles. The van der Waals surface area contributed by atoms with Crippen molar-refractivity contribution in [2.45, 2.75) is 19.8 Å². The minimum Gasteiger partial charge on any atom is -0.497 e. The molecule has 0 spiro atoms. The SMILES string of the molecule is COc1ccc2nc(NC(=O)CCC(=O)c3cc(C)ccc3OC)sc2c1. The summed E-state index contributed by atoms with van der Waals surface area (Å²) >= 11 is 1.37. The first-order valence-corrected chi connectivity index (χ1v) is 9.24. The molecular formula is C20H20N2O4S. The lowest BCUT2D eigenvalue weighted by Gasteiger charge is -2.08. The molecule has 0 aliphatic heterocycles. The number of carbonyl (C=O) groups is 2. The number of benzene rings is 2. The Morgan fingerprint density at radius 2 is 1.89 bits per heavy atom. The summed E-state index contributed by atoms with van der Waals surface area (Å²) in [6, 6.07) is 11.0. The number of amides is 1. The average molecular weight is 384 g/mol. The number of fused-ring (bicyclic) bond motifs is 1. The fraction of sp³-hybridized carbons (Fsp3) is 0.250. The van der Waals surface area contributed by atoms with Crippen molar-refractivity contribution in [3.05, 3.63) is 47.5 Å². The fourth-order valence-electron chi connectivity index (χ4n) is 2.67. The van der Waals surface area contributed by atoms with Gasteiger partial charge in [-0.05, 0) is 37.3 Å². The number of nitrogens with one attached hydrogen (secondary N) is 1. The highest BCUT2D eigenvalue weighted by Crippen LogP contribution is 2.29. The van der Waals surface area contributed by atoms with Crippen LogP contribution < -0.4 is 14.8 Å². The molecule has 0 saturated heterocycles. The maximum Gasteiger partial charge on any atom is 0.226 e. The summed E-state index contributed by atoms with van der Waals surface area (Å²) in [5, 5.41) is 3.26. The zero-order valence-corrected chi connectivity index (χ0v) is 16.2. The van der Waals surface area contributed by atoms with E-state index in [0.29, 0.717) is 16.4 Å². The van der Waals surface area contributed by atoms with Gasteiger partial charge in [-0.1, -0.05) is 23.0 Å². The van der Waals surface area contributed by atoms with Gasteiger partial charge in [-0.25, -0.2) is 4.98 Å². The van der Waals surface area contributed by atoms with E-state index in [9.17, 15) is 9.59 Å². The Bertz CT molecular complexity index is 997. The molecular weight excluding hydrogens is 364 g/mol. The summed E-state index contributed by atoms with van der Waals surface area (Å²) in [6.45, 7) is 1.91. The van der Waals surface area contributed by atoms with Crippen molar-refractivity contribution in [1.29, 1.82) is 0 Å². The van der Waals surface area contributed by atoms with E-state index < -0.39 is 0 Å². The van der Waals surface area contributed by atoms with Gasteiger partial charge in [0.1, 0.15) is 11.5 Å². The highest BCUT2D eigenvalue weighted by atomic mass is 32.1. The normalized spacial score (nSPS) is 10.6. The van der Waals surface area contributed by atoms with Crippen LogP contribution in [0.4, 0.5) is 5.13 Å². The van der Waals surface area contributed by atoms with Crippen LogP contribution in [0.25, 0.3) is 10.2 Å². The summed E-state index contributed by atoms with van der Waals surface area (Å²) in [5.41, 5.74) is 2.25. The topological polar surface area (TPSA) is 77.5 Å². The van der Waals surface area contributed by atoms with Crippen LogP contribution >= 0.6 is 11.3 Å². The molecule has 140 valence electrons. The predicted molar refractivity (Wildman–Crippen MR) is 106 cm³/mol. The Kier molecular flexibility index (Phi) is 5.71. The molecule has 1 aromatic heterocycles. The van der Waals surface area contributed by atoms with Crippen molar-refractivity contribution in [3.8, 4) is 11.5 Å². The summed E-state index contributed by atoms with van der Waals surface area (Å²) in [4.78, 5) is 29.1. The highest BCUT2D eigenvalue weighted by Gasteiger charge is 2.15. The number of nitrogens with zero attached hydrogens (tertiary/aromatic N) is 1. The Balaban J connectivity index is 1.63. The van der Waals surface area contributed by atoms with E-state index in [4.69, 9.17) is 9.47 Å². The van der Waals surface area contributed by atoms with E-state index in [1.807, 2.05) is 31.2 Å². The van der Waals surface area contributed by atoms with Gasteiger partial charge in [0, 0.05) is 12.8 Å². The molecule has 0 aliphatic rings. The lowest BCUT2D eigenvalue weighted by Crippen LogP contribution is -2.13. The van der Waals surface area contributed by atoms with Crippen LogP contribution in [0.1, 0.15) is 28.8 Å².